The number of phenols is 1. The van der Waals surface area contributed by atoms with E-state index < -0.39 is 16.2 Å². The molecule has 0 aliphatic rings. The molecular weight excluding hydrogens is 991 g/mol. The predicted octanol–water partition coefficient (Wildman–Crippen LogP) is 13.5. The van der Waals surface area contributed by atoms with E-state index >= 15 is 0 Å². The number of hydrogen-bond donors (Lipinski definition) is 5. The minimum Gasteiger partial charge on any atom is -0.508 e. The average molecular weight is 1060 g/mol. The molecule has 0 saturated carbocycles. The summed E-state index contributed by atoms with van der Waals surface area (Å²) in [5.41, 5.74) is 8.86. The second-order valence-corrected chi connectivity index (χ2v) is 23.1. The van der Waals surface area contributed by atoms with Crippen molar-refractivity contribution in [2.75, 3.05) is 51.6 Å². The number of aromatic hydroxyl groups is 1. The fraction of sp³-hybridized carbons (Fsp3) is 0.297. The lowest BCUT2D eigenvalue weighted by molar-refractivity contribution is -0.121. The van der Waals surface area contributed by atoms with Crippen LogP contribution in [0.25, 0.3) is 61.8 Å². The number of carbonyl (C=O) groups is 4. The zero-order valence-electron chi connectivity index (χ0n) is 47.6. The Bertz CT molecular complexity index is 3620. The second kappa shape index (κ2) is 24.3. The molecular formula is C64H73N9O6. The molecule has 410 valence electrons. The van der Waals surface area contributed by atoms with Crippen molar-refractivity contribution >= 4 is 73.8 Å². The molecule has 0 unspecified atom stereocenters. The van der Waals surface area contributed by atoms with Crippen molar-refractivity contribution < 1.29 is 29.0 Å². The number of aromatic amines is 3. The highest BCUT2D eigenvalue weighted by Crippen LogP contribution is 2.29. The van der Waals surface area contributed by atoms with Crippen LogP contribution in [0.2, 0.25) is 0 Å². The number of aromatic nitrogens is 6. The summed E-state index contributed by atoms with van der Waals surface area (Å²) in [6.07, 6.45) is 5.92. The number of amides is 1. The fourth-order valence-corrected chi connectivity index (χ4v) is 8.07. The largest absolute Gasteiger partial charge is 0.508 e. The van der Waals surface area contributed by atoms with Gasteiger partial charge in [0.1, 0.15) is 29.0 Å². The van der Waals surface area contributed by atoms with Gasteiger partial charge in [0.2, 0.25) is 0 Å². The molecule has 9 aromatic rings. The van der Waals surface area contributed by atoms with Crippen LogP contribution < -0.4 is 15.0 Å². The lowest BCUT2D eigenvalue weighted by atomic mass is 9.86. The van der Waals surface area contributed by atoms with Crippen LogP contribution >= 0.6 is 0 Å². The number of allylic oxidation sites excluding steroid dienone is 1. The topological polar surface area (TPSA) is 202 Å². The molecule has 0 radical (unpaired) electrons. The van der Waals surface area contributed by atoms with Crippen molar-refractivity contribution in [3.63, 3.8) is 0 Å². The summed E-state index contributed by atoms with van der Waals surface area (Å²) in [6, 6.07) is 37.1. The Morgan fingerprint density at radius 3 is 1.62 bits per heavy atom. The van der Waals surface area contributed by atoms with Crippen LogP contribution in [0.5, 0.6) is 11.5 Å². The SMILES string of the molecule is CC(C)(C)C(=O)/C=C/c1cc2cc(NC(=O)c3ccc(O)cc3)ncc2[nH]1.CN(C)CCCOc1ccc(-c2nc3ccc(C(=O)C(C)(C)C)cc3[nH]2)cc1.CN(C)c1ccc(-c2nc3ccc(C(=O)C(C)(C)C)cc3[nH]2)cc1. The number of carbonyl (C=O) groups excluding carboxylic acids is 4. The second-order valence-electron chi connectivity index (χ2n) is 23.1. The Morgan fingerprint density at radius 1 is 0.608 bits per heavy atom. The Hall–Kier alpha value is -8.69. The number of Topliss-reactive ketones (excluding diaryl/α,β-unsaturated/α-hetero) is 2. The summed E-state index contributed by atoms with van der Waals surface area (Å²) < 4.78 is 5.79. The number of pyridine rings is 1. The minimum absolute atomic E-state index is 0.0427. The molecule has 0 spiro atoms. The highest BCUT2D eigenvalue weighted by Gasteiger charge is 2.25. The maximum atomic E-state index is 12.5. The molecule has 9 rings (SSSR count). The van der Waals surface area contributed by atoms with E-state index in [0.29, 0.717) is 29.1 Å². The van der Waals surface area contributed by atoms with Crippen LogP contribution in [-0.2, 0) is 4.79 Å². The summed E-state index contributed by atoms with van der Waals surface area (Å²) in [6.45, 7) is 18.9. The van der Waals surface area contributed by atoms with Crippen LogP contribution in [0.1, 0.15) is 106 Å². The summed E-state index contributed by atoms with van der Waals surface area (Å²) >= 11 is 0. The Labute approximate surface area is 462 Å². The number of nitrogens with zero attached hydrogens (tertiary/aromatic N) is 5. The van der Waals surface area contributed by atoms with Gasteiger partial charge in [0.25, 0.3) is 5.91 Å². The van der Waals surface area contributed by atoms with E-state index in [2.05, 4.69) is 71.2 Å². The number of nitrogens with one attached hydrogen (secondary N) is 4. The summed E-state index contributed by atoms with van der Waals surface area (Å²) in [5, 5.41) is 12.9. The molecule has 0 bridgehead atoms. The van der Waals surface area contributed by atoms with Gasteiger partial charge in [-0.1, -0.05) is 62.3 Å². The van der Waals surface area contributed by atoms with Crippen molar-refractivity contribution in [2.24, 2.45) is 16.2 Å². The predicted molar refractivity (Wildman–Crippen MR) is 319 cm³/mol. The Kier molecular flexibility index (Phi) is 17.9. The number of benzene rings is 5. The molecule has 0 atom stereocenters. The first kappa shape index (κ1) is 58.0. The lowest BCUT2D eigenvalue weighted by Gasteiger charge is -2.16. The van der Waals surface area contributed by atoms with E-state index in [0.717, 1.165) is 85.8 Å². The molecule has 4 heterocycles. The van der Waals surface area contributed by atoms with Gasteiger partial charge < -0.3 is 39.9 Å². The van der Waals surface area contributed by atoms with Crippen LogP contribution in [-0.4, -0.2) is 105 Å². The average Bonchev–Trinajstić information content (AvgIpc) is 4.28. The number of ether oxygens (including phenoxy) is 1. The van der Waals surface area contributed by atoms with Gasteiger partial charge in [-0.25, -0.2) is 15.0 Å². The van der Waals surface area contributed by atoms with Crippen molar-refractivity contribution in [1.29, 1.82) is 0 Å². The molecule has 15 nitrogen and oxygen atoms in total. The van der Waals surface area contributed by atoms with Crippen LogP contribution in [0.4, 0.5) is 11.5 Å². The highest BCUT2D eigenvalue weighted by molar-refractivity contribution is 6.05. The molecule has 4 aromatic heterocycles. The van der Waals surface area contributed by atoms with Gasteiger partial charge in [0.15, 0.2) is 17.3 Å². The van der Waals surface area contributed by atoms with Gasteiger partial charge in [-0.15, -0.1) is 0 Å². The van der Waals surface area contributed by atoms with Gasteiger partial charge in [0.05, 0.1) is 40.4 Å². The molecule has 15 heteroatoms. The number of rotatable bonds is 14. The number of hydrogen-bond acceptors (Lipinski definition) is 11. The van der Waals surface area contributed by atoms with E-state index in [-0.39, 0.29) is 29.0 Å². The van der Waals surface area contributed by atoms with Crippen molar-refractivity contribution in [1.82, 2.24) is 34.8 Å². The summed E-state index contributed by atoms with van der Waals surface area (Å²) in [7, 11) is 8.15. The van der Waals surface area contributed by atoms with Gasteiger partial charge in [-0.3, -0.25) is 19.2 Å². The smallest absolute Gasteiger partial charge is 0.256 e. The molecule has 0 fully saturated rings. The standard InChI is InChI=1S/C23H29N3O2.C21H21N3O3.C20H23N3O/c1-23(2,3)21(27)17-9-12-19-20(15-17)25-22(24-19)16-7-10-18(11-8-16)28-14-6-13-26(4)5;1-21(2,3)18(26)9-6-15-10-14-11-19(22-12-17(14)23-15)24-20(27)13-4-7-16(25)8-5-13;1-20(2,3)18(24)14-8-11-16-17(12-14)22-19(21-16)13-6-9-15(10-7-13)23(4)5/h7-12,15H,6,13-14H2,1-5H3,(H,24,25);4-12,23,25H,1-3H3,(H,22,24,27);6-12H,1-5H3,(H,21,22)/b;9-6+;. The third kappa shape index (κ3) is 15.5. The first-order valence-corrected chi connectivity index (χ1v) is 26.3. The van der Waals surface area contributed by atoms with Gasteiger partial charge in [0, 0.05) is 81.5 Å². The van der Waals surface area contributed by atoms with E-state index in [1.807, 2.05) is 155 Å². The third-order valence-corrected chi connectivity index (χ3v) is 12.7. The number of anilines is 2. The molecule has 5 N–H and O–H groups in total. The summed E-state index contributed by atoms with van der Waals surface area (Å²) in [5.74, 6) is 2.97. The van der Waals surface area contributed by atoms with Crippen LogP contribution in [0.15, 0.2) is 134 Å². The third-order valence-electron chi connectivity index (χ3n) is 12.7. The maximum absolute atomic E-state index is 12.5. The van der Waals surface area contributed by atoms with E-state index in [4.69, 9.17) is 4.74 Å². The molecule has 0 saturated heterocycles. The molecule has 1 amide bonds. The normalized spacial score (nSPS) is 11.8. The van der Waals surface area contributed by atoms with Crippen molar-refractivity contribution in [2.45, 2.75) is 68.7 Å². The first-order valence-electron chi connectivity index (χ1n) is 26.3. The van der Waals surface area contributed by atoms with E-state index in [1.54, 1.807) is 24.4 Å². The highest BCUT2D eigenvalue weighted by atomic mass is 16.5. The Morgan fingerprint density at radius 2 is 1.13 bits per heavy atom. The molecule has 79 heavy (non-hydrogen) atoms. The lowest BCUT2D eigenvalue weighted by Crippen LogP contribution is -2.20. The minimum atomic E-state index is -0.421. The zero-order valence-corrected chi connectivity index (χ0v) is 47.6. The van der Waals surface area contributed by atoms with E-state index in [9.17, 15) is 24.3 Å². The fourth-order valence-electron chi connectivity index (χ4n) is 8.07. The summed E-state index contributed by atoms with van der Waals surface area (Å²) in [4.78, 5) is 76.8. The maximum Gasteiger partial charge on any atom is 0.256 e. The Balaban J connectivity index is 0.000000172. The number of imidazole rings is 2. The molecule has 5 aromatic carbocycles. The zero-order chi connectivity index (χ0) is 57.4. The van der Waals surface area contributed by atoms with Gasteiger partial charge >= 0.3 is 0 Å². The van der Waals surface area contributed by atoms with Gasteiger partial charge in [-0.2, -0.15) is 0 Å². The van der Waals surface area contributed by atoms with Crippen molar-refractivity contribution in [3.8, 4) is 34.3 Å². The molecule has 0 aliphatic carbocycles. The van der Waals surface area contributed by atoms with Crippen molar-refractivity contribution in [3.05, 3.63) is 156 Å². The van der Waals surface area contributed by atoms with E-state index in [1.165, 1.54) is 24.3 Å². The first-order chi connectivity index (χ1) is 37.2. The number of phenolic OH excluding ortho intramolecular Hbond substituents is 1. The monoisotopic (exact) mass is 1060 g/mol. The molecule has 0 aliphatic heterocycles. The van der Waals surface area contributed by atoms with Crippen LogP contribution in [0, 0.1) is 16.2 Å². The number of ketones is 3. The quantitative estimate of drug-likeness (QED) is 0.0394. The van der Waals surface area contributed by atoms with Gasteiger partial charge in [-0.05, 0) is 154 Å². The van der Waals surface area contributed by atoms with Crippen LogP contribution in [0.3, 0.4) is 0 Å². The number of fused-ring (bicyclic) bond motifs is 3. The number of H-pyrrole nitrogens is 3.